The monoisotopic (exact) mass is 348 g/mol. The van der Waals surface area contributed by atoms with Gasteiger partial charge in [0.05, 0.1) is 6.10 Å². The standard InChI is InChI=1S/C22H36O3/c1-19(2)14-8-11-21(4)15(20(14,3)12-9-17(19)23)6-7-16(21)22(5)13-10-18(24)25-22/h14-17,23H,6-13H2,1-5H3/t14-,15?,16+,17+,20+,21-,22+/m1/s1. The molecular formula is C22H36O3. The molecule has 3 heteroatoms. The van der Waals surface area contributed by atoms with Crippen molar-refractivity contribution in [1.82, 2.24) is 0 Å². The predicted molar refractivity (Wildman–Crippen MR) is 97.9 cm³/mol. The number of esters is 1. The van der Waals surface area contributed by atoms with Gasteiger partial charge in [-0.3, -0.25) is 4.79 Å². The first kappa shape index (κ1) is 17.8. The Bertz CT molecular complexity index is 584. The van der Waals surface area contributed by atoms with E-state index >= 15 is 0 Å². The molecular weight excluding hydrogens is 312 g/mol. The van der Waals surface area contributed by atoms with E-state index in [2.05, 4.69) is 34.6 Å². The van der Waals surface area contributed by atoms with Gasteiger partial charge >= 0.3 is 5.97 Å². The summed E-state index contributed by atoms with van der Waals surface area (Å²) in [4.78, 5) is 11.8. The first-order chi connectivity index (χ1) is 11.5. The molecule has 3 saturated carbocycles. The number of rotatable bonds is 1. The Morgan fingerprint density at radius 3 is 2.08 bits per heavy atom. The lowest BCUT2D eigenvalue weighted by Gasteiger charge is -2.63. The molecule has 0 spiro atoms. The molecule has 0 aromatic rings. The summed E-state index contributed by atoms with van der Waals surface area (Å²) in [6, 6.07) is 0. The van der Waals surface area contributed by atoms with Crippen LogP contribution in [0.5, 0.6) is 0 Å². The molecule has 4 fully saturated rings. The molecule has 1 saturated heterocycles. The fraction of sp³-hybridized carbons (Fsp3) is 0.955. The van der Waals surface area contributed by atoms with Gasteiger partial charge in [0.1, 0.15) is 5.60 Å². The van der Waals surface area contributed by atoms with Crippen molar-refractivity contribution in [2.45, 2.75) is 97.7 Å². The molecule has 25 heavy (non-hydrogen) atoms. The zero-order valence-electron chi connectivity index (χ0n) is 16.7. The van der Waals surface area contributed by atoms with E-state index in [1.807, 2.05) is 0 Å². The van der Waals surface area contributed by atoms with E-state index in [1.165, 1.54) is 25.7 Å². The van der Waals surface area contributed by atoms with E-state index in [0.29, 0.717) is 29.6 Å². The lowest BCUT2D eigenvalue weighted by atomic mass is 9.42. The van der Waals surface area contributed by atoms with Crippen LogP contribution in [-0.4, -0.2) is 22.8 Å². The van der Waals surface area contributed by atoms with Crippen LogP contribution in [0.15, 0.2) is 0 Å². The summed E-state index contributed by atoms with van der Waals surface area (Å²) in [6.45, 7) is 11.8. The number of hydrogen-bond donors (Lipinski definition) is 1. The van der Waals surface area contributed by atoms with Gasteiger partial charge in [0.2, 0.25) is 0 Å². The van der Waals surface area contributed by atoms with E-state index in [1.54, 1.807) is 0 Å². The van der Waals surface area contributed by atoms with Crippen molar-refractivity contribution < 1.29 is 14.6 Å². The molecule has 0 bridgehead atoms. The maximum atomic E-state index is 11.8. The lowest BCUT2D eigenvalue weighted by Crippen LogP contribution is -2.59. The minimum atomic E-state index is -0.256. The Kier molecular flexibility index (Phi) is 3.74. The summed E-state index contributed by atoms with van der Waals surface area (Å²) < 4.78 is 5.89. The van der Waals surface area contributed by atoms with Crippen molar-refractivity contribution >= 4 is 5.97 Å². The molecule has 3 aliphatic carbocycles. The van der Waals surface area contributed by atoms with Gasteiger partial charge in [-0.1, -0.05) is 27.7 Å². The van der Waals surface area contributed by atoms with E-state index in [4.69, 9.17) is 4.74 Å². The van der Waals surface area contributed by atoms with Gasteiger partial charge in [-0.05, 0) is 80.0 Å². The Balaban J connectivity index is 1.68. The Hall–Kier alpha value is -0.570. The molecule has 1 aliphatic heterocycles. The molecule has 0 aromatic heterocycles. The van der Waals surface area contributed by atoms with Crippen LogP contribution in [-0.2, 0) is 9.53 Å². The fourth-order valence-electron chi connectivity index (χ4n) is 8.28. The molecule has 142 valence electrons. The lowest BCUT2D eigenvalue weighted by molar-refractivity contribution is -0.184. The summed E-state index contributed by atoms with van der Waals surface area (Å²) in [7, 11) is 0. The van der Waals surface area contributed by atoms with Gasteiger partial charge in [0.25, 0.3) is 0 Å². The average molecular weight is 349 g/mol. The van der Waals surface area contributed by atoms with Crippen LogP contribution >= 0.6 is 0 Å². The molecule has 1 heterocycles. The van der Waals surface area contributed by atoms with E-state index in [9.17, 15) is 9.90 Å². The highest BCUT2D eigenvalue weighted by molar-refractivity contribution is 5.72. The van der Waals surface area contributed by atoms with Crippen molar-refractivity contribution in [3.05, 3.63) is 0 Å². The zero-order chi connectivity index (χ0) is 18.3. The number of carbonyl (C=O) groups is 1. The third-order valence-corrected chi connectivity index (χ3v) is 9.52. The van der Waals surface area contributed by atoms with Gasteiger partial charge in [0, 0.05) is 12.3 Å². The van der Waals surface area contributed by atoms with Crippen LogP contribution in [0.25, 0.3) is 0 Å². The number of cyclic esters (lactones) is 1. The minimum absolute atomic E-state index is 0.00336. The third-order valence-electron chi connectivity index (χ3n) is 9.52. The highest BCUT2D eigenvalue weighted by Crippen LogP contribution is 2.71. The molecule has 0 radical (unpaired) electrons. The Morgan fingerprint density at radius 1 is 0.840 bits per heavy atom. The maximum absolute atomic E-state index is 11.8. The average Bonchev–Trinajstić information content (AvgIpc) is 3.05. The van der Waals surface area contributed by atoms with Crippen LogP contribution in [0.3, 0.4) is 0 Å². The van der Waals surface area contributed by atoms with Crippen LogP contribution in [0.4, 0.5) is 0 Å². The zero-order valence-corrected chi connectivity index (χ0v) is 16.7. The largest absolute Gasteiger partial charge is 0.459 e. The second-order valence-electron chi connectivity index (χ2n) is 10.9. The summed E-state index contributed by atoms with van der Waals surface area (Å²) >= 11 is 0. The number of fused-ring (bicyclic) bond motifs is 3. The smallest absolute Gasteiger partial charge is 0.306 e. The van der Waals surface area contributed by atoms with Gasteiger partial charge in [0.15, 0.2) is 0 Å². The molecule has 1 unspecified atom stereocenters. The van der Waals surface area contributed by atoms with E-state index in [0.717, 1.165) is 19.3 Å². The van der Waals surface area contributed by atoms with Crippen LogP contribution in [0.1, 0.15) is 86.0 Å². The van der Waals surface area contributed by atoms with Gasteiger partial charge in [-0.2, -0.15) is 0 Å². The molecule has 1 N–H and O–H groups in total. The molecule has 0 aromatic carbocycles. The van der Waals surface area contributed by atoms with Crippen molar-refractivity contribution in [2.75, 3.05) is 0 Å². The highest BCUT2D eigenvalue weighted by atomic mass is 16.6. The Labute approximate surface area is 152 Å². The molecule has 0 amide bonds. The van der Waals surface area contributed by atoms with Crippen LogP contribution in [0, 0.1) is 34.0 Å². The quantitative estimate of drug-likeness (QED) is 0.698. The first-order valence-electron chi connectivity index (χ1n) is 10.4. The van der Waals surface area contributed by atoms with Crippen LogP contribution in [0.2, 0.25) is 0 Å². The number of ether oxygens (including phenoxy) is 1. The summed E-state index contributed by atoms with van der Waals surface area (Å²) in [5, 5.41) is 10.6. The van der Waals surface area contributed by atoms with Crippen molar-refractivity contribution in [3.63, 3.8) is 0 Å². The minimum Gasteiger partial charge on any atom is -0.459 e. The second-order valence-corrected chi connectivity index (χ2v) is 10.9. The molecule has 4 rings (SSSR count). The number of carbonyl (C=O) groups excluding carboxylic acids is 1. The third kappa shape index (κ3) is 2.23. The topological polar surface area (TPSA) is 46.5 Å². The second kappa shape index (κ2) is 5.24. The SMILES string of the molecule is CC1(C)[C@H]2CC[C@]3(C)C(CC[C@@H]3[C@]3(C)CCC(=O)O3)[C@@]2(C)CC[C@@H]1O. The molecule has 4 aliphatic rings. The van der Waals surface area contributed by atoms with Crippen molar-refractivity contribution in [3.8, 4) is 0 Å². The van der Waals surface area contributed by atoms with Gasteiger partial charge < -0.3 is 9.84 Å². The van der Waals surface area contributed by atoms with Crippen molar-refractivity contribution in [1.29, 1.82) is 0 Å². The van der Waals surface area contributed by atoms with Crippen molar-refractivity contribution in [2.24, 2.45) is 34.0 Å². The predicted octanol–water partition coefficient (Wildman–Crippen LogP) is 4.71. The molecule has 7 atom stereocenters. The Morgan fingerprint density at radius 2 is 1.44 bits per heavy atom. The van der Waals surface area contributed by atoms with Gasteiger partial charge in [-0.25, -0.2) is 0 Å². The number of aliphatic hydroxyl groups is 1. The summed E-state index contributed by atoms with van der Waals surface area (Å²) in [5.74, 6) is 1.77. The van der Waals surface area contributed by atoms with Gasteiger partial charge in [-0.15, -0.1) is 0 Å². The normalized spacial score (nSPS) is 54.7. The first-order valence-corrected chi connectivity index (χ1v) is 10.4. The highest BCUT2D eigenvalue weighted by Gasteiger charge is 2.66. The number of aliphatic hydroxyl groups excluding tert-OH is 1. The van der Waals surface area contributed by atoms with E-state index in [-0.39, 0.29) is 28.5 Å². The summed E-state index contributed by atoms with van der Waals surface area (Å²) in [6.07, 6.45) is 8.26. The molecule has 3 nitrogen and oxygen atoms in total. The van der Waals surface area contributed by atoms with Crippen LogP contribution < -0.4 is 0 Å². The maximum Gasteiger partial charge on any atom is 0.306 e. The summed E-state index contributed by atoms with van der Waals surface area (Å²) in [5.41, 5.74) is 0.329. The number of hydrogen-bond acceptors (Lipinski definition) is 3. The van der Waals surface area contributed by atoms with E-state index < -0.39 is 0 Å². The fourth-order valence-corrected chi connectivity index (χ4v) is 8.28.